The van der Waals surface area contributed by atoms with Crippen LogP contribution in [0.25, 0.3) is 5.65 Å². The van der Waals surface area contributed by atoms with Crippen LogP contribution in [-0.4, -0.2) is 127 Å². The van der Waals surface area contributed by atoms with Crippen LogP contribution in [-0.2, 0) is 39.2 Å². The summed E-state index contributed by atoms with van der Waals surface area (Å²) >= 11 is 4.77. The lowest BCUT2D eigenvalue weighted by molar-refractivity contribution is -0.287. The molecule has 10 N–H and O–H groups in total. The first-order valence-electron chi connectivity index (χ1n) is 12.2. The Hall–Kier alpha value is -1.62. The van der Waals surface area contributed by atoms with Crippen LogP contribution in [0.15, 0.2) is 25.2 Å². The minimum Gasteiger partial charge on any atom is -0.393 e. The zero-order valence-corrected chi connectivity index (χ0v) is 24.7. The molecule has 2 aromatic heterocycles. The van der Waals surface area contributed by atoms with Crippen molar-refractivity contribution in [2.75, 3.05) is 18.9 Å². The number of anilines is 1. The Balaban J connectivity index is 1.48. The molecule has 2 aliphatic heterocycles. The predicted octanol–water partition coefficient (Wildman–Crippen LogP) is -2.68. The van der Waals surface area contributed by atoms with Gasteiger partial charge in [-0.2, -0.15) is 5.10 Å². The molecule has 0 amide bonds. The van der Waals surface area contributed by atoms with Crippen molar-refractivity contribution in [3.63, 3.8) is 0 Å². The highest BCUT2D eigenvalue weighted by atomic mass is 32.5. The number of nitrogens with zero attached hydrogens (tertiary/aromatic N) is 4. The number of ether oxygens (including phenoxy) is 2. The molecule has 4 heterocycles. The molecule has 242 valence electrons. The highest BCUT2D eigenvalue weighted by Gasteiger charge is 2.61. The molecular formula is C20H30FN5O14P2S. The van der Waals surface area contributed by atoms with Crippen molar-refractivity contribution in [2.24, 2.45) is 0 Å². The summed E-state index contributed by atoms with van der Waals surface area (Å²) in [6.45, 7) is -2.04. The fourth-order valence-corrected chi connectivity index (χ4v) is 7.76. The second-order valence-corrected chi connectivity index (χ2v) is 14.3. The SMILES string of the molecule is C=C[C@]1(O)[C@H](c2cnc3c(N)ncnn23)O[C@](C)(COP(O)(=S)OP(=O)(O)OC2OC([C@@H](F)CO)C(O)C(O)C2O)[C@H]1O. The van der Waals surface area contributed by atoms with Gasteiger partial charge in [0, 0.05) is 0 Å². The topological polar surface area (TPSA) is 294 Å². The molecule has 0 spiro atoms. The number of nitrogen functional groups attached to an aromatic ring is 1. The van der Waals surface area contributed by atoms with Gasteiger partial charge in [0.2, 0.25) is 0 Å². The van der Waals surface area contributed by atoms with Gasteiger partial charge in [-0.05, 0) is 18.7 Å². The van der Waals surface area contributed by atoms with Crippen LogP contribution in [0.3, 0.4) is 0 Å². The first kappa shape index (κ1) is 34.3. The largest absolute Gasteiger partial charge is 0.481 e. The van der Waals surface area contributed by atoms with Gasteiger partial charge < -0.3 is 60.2 Å². The summed E-state index contributed by atoms with van der Waals surface area (Å²) in [4.78, 5) is 28.6. The van der Waals surface area contributed by atoms with Gasteiger partial charge >= 0.3 is 14.5 Å². The van der Waals surface area contributed by atoms with Crippen molar-refractivity contribution in [2.45, 2.75) is 67.2 Å². The summed E-state index contributed by atoms with van der Waals surface area (Å²) in [5, 5.41) is 65.3. The minimum absolute atomic E-state index is 0.00654. The van der Waals surface area contributed by atoms with Crippen molar-refractivity contribution < 1.29 is 72.2 Å². The number of hydrogen-bond donors (Lipinski definition) is 9. The first-order chi connectivity index (χ1) is 19.9. The summed E-state index contributed by atoms with van der Waals surface area (Å²) < 4.78 is 52.9. The van der Waals surface area contributed by atoms with E-state index in [1.165, 1.54) is 17.6 Å². The number of hydrogen-bond acceptors (Lipinski definition) is 17. The van der Waals surface area contributed by atoms with Gasteiger partial charge in [0.1, 0.15) is 54.2 Å². The van der Waals surface area contributed by atoms with E-state index in [9.17, 15) is 44.3 Å². The number of halogens is 1. The summed E-state index contributed by atoms with van der Waals surface area (Å²) in [5.74, 6) is 0.00654. The fourth-order valence-electron chi connectivity index (χ4n) is 4.60. The molecule has 2 aromatic rings. The van der Waals surface area contributed by atoms with E-state index in [4.69, 9.17) is 36.6 Å². The van der Waals surface area contributed by atoms with Gasteiger partial charge in [0.15, 0.2) is 23.9 Å². The van der Waals surface area contributed by atoms with Gasteiger partial charge in [-0.15, -0.1) is 6.58 Å². The average molecular weight is 677 g/mol. The third-order valence-corrected chi connectivity index (χ3v) is 10.4. The van der Waals surface area contributed by atoms with E-state index < -0.39 is 88.0 Å². The third-order valence-electron chi connectivity index (χ3n) is 6.87. The predicted molar refractivity (Wildman–Crippen MR) is 142 cm³/mol. The normalized spacial score (nSPS) is 38.4. The molecule has 2 aliphatic rings. The van der Waals surface area contributed by atoms with Gasteiger partial charge in [-0.3, -0.25) is 4.52 Å². The van der Waals surface area contributed by atoms with Gasteiger partial charge in [-0.25, -0.2) is 27.7 Å². The maximum absolute atomic E-state index is 14.0. The van der Waals surface area contributed by atoms with Crippen LogP contribution in [0.1, 0.15) is 18.7 Å². The van der Waals surface area contributed by atoms with E-state index in [-0.39, 0.29) is 17.2 Å². The Labute approximate surface area is 246 Å². The number of aliphatic hydroxyl groups excluding tert-OH is 5. The fraction of sp³-hybridized carbons (Fsp3) is 0.650. The molecule has 2 saturated heterocycles. The van der Waals surface area contributed by atoms with Crippen LogP contribution in [0, 0.1) is 0 Å². The number of rotatable bonds is 11. The van der Waals surface area contributed by atoms with Crippen molar-refractivity contribution in [3.05, 3.63) is 30.9 Å². The number of nitrogens with two attached hydrogens (primary N) is 1. The van der Waals surface area contributed by atoms with Crippen LogP contribution in [0.5, 0.6) is 0 Å². The molecule has 0 radical (unpaired) electrons. The second-order valence-electron chi connectivity index (χ2n) is 9.91. The molecule has 0 bridgehead atoms. The van der Waals surface area contributed by atoms with Crippen molar-refractivity contribution in [1.29, 1.82) is 0 Å². The number of fused-ring (bicyclic) bond motifs is 1. The molecule has 2 fully saturated rings. The van der Waals surface area contributed by atoms with Crippen LogP contribution >= 0.6 is 14.5 Å². The first-order valence-corrected chi connectivity index (χ1v) is 16.3. The lowest BCUT2D eigenvalue weighted by Gasteiger charge is -2.41. The molecule has 23 heteroatoms. The van der Waals surface area contributed by atoms with Gasteiger partial charge in [0.05, 0.1) is 25.1 Å². The Morgan fingerprint density at radius 3 is 2.58 bits per heavy atom. The van der Waals surface area contributed by atoms with Gasteiger partial charge in [-0.1, -0.05) is 6.08 Å². The molecule has 7 unspecified atom stereocenters. The number of aliphatic hydroxyl groups is 6. The highest BCUT2D eigenvalue weighted by Crippen LogP contribution is 2.62. The van der Waals surface area contributed by atoms with E-state index in [0.717, 1.165) is 12.4 Å². The van der Waals surface area contributed by atoms with Crippen LogP contribution in [0.4, 0.5) is 10.2 Å². The van der Waals surface area contributed by atoms with E-state index in [1.54, 1.807) is 0 Å². The standard InChI is InChI=1S/C20H30FN5O14P2S/c1-3-20(32)14(9-4-23-16-15(22)24-7-25-26(9)16)38-19(2,18(20)31)6-36-42(35,43)40-41(33,34)39-17-12(30)10(28)11(29)13(37-17)8(21)5-27/h3-4,7-8,10-14,17-18,27-32H,1,5-6H2,2H3,(H,33,34)(H,35,43)(H2,22,24,25)/t8-,10?,11?,12?,13?,14-,17?,18+,19+,20-,42?/m0/s1. The van der Waals surface area contributed by atoms with Crippen molar-refractivity contribution >= 4 is 37.8 Å². The molecule has 0 aliphatic carbocycles. The lowest BCUT2D eigenvalue weighted by Crippen LogP contribution is -2.60. The number of imidazole rings is 1. The summed E-state index contributed by atoms with van der Waals surface area (Å²) in [7, 11) is -5.54. The number of phosphoric ester groups is 1. The smallest absolute Gasteiger partial charge is 0.393 e. The van der Waals surface area contributed by atoms with E-state index in [2.05, 4.69) is 30.5 Å². The Kier molecular flexibility index (Phi) is 9.79. The molecule has 43 heavy (non-hydrogen) atoms. The molecule has 0 saturated carbocycles. The van der Waals surface area contributed by atoms with E-state index in [0.29, 0.717) is 0 Å². The minimum atomic E-state index is -5.54. The maximum atomic E-state index is 14.0. The van der Waals surface area contributed by atoms with Crippen LogP contribution in [0.2, 0.25) is 0 Å². The van der Waals surface area contributed by atoms with E-state index >= 15 is 0 Å². The summed E-state index contributed by atoms with van der Waals surface area (Å²) in [5.41, 5.74) is 1.91. The monoisotopic (exact) mass is 677 g/mol. The Morgan fingerprint density at radius 1 is 1.28 bits per heavy atom. The Morgan fingerprint density at radius 2 is 1.95 bits per heavy atom. The van der Waals surface area contributed by atoms with E-state index in [1.807, 2.05) is 0 Å². The second kappa shape index (κ2) is 12.3. The van der Waals surface area contributed by atoms with Crippen molar-refractivity contribution in [3.8, 4) is 0 Å². The highest BCUT2D eigenvalue weighted by molar-refractivity contribution is 8.08. The Bertz CT molecular complexity index is 1440. The molecule has 19 nitrogen and oxygen atoms in total. The lowest BCUT2D eigenvalue weighted by atomic mass is 9.84. The van der Waals surface area contributed by atoms with Crippen LogP contribution < -0.4 is 5.73 Å². The number of phosphoric acid groups is 1. The number of aromatic nitrogens is 4. The maximum Gasteiger partial charge on any atom is 0.481 e. The van der Waals surface area contributed by atoms with Crippen molar-refractivity contribution in [1.82, 2.24) is 19.6 Å². The summed E-state index contributed by atoms with van der Waals surface area (Å²) in [6, 6.07) is 0. The quantitative estimate of drug-likeness (QED) is 0.0864. The molecular weight excluding hydrogens is 647 g/mol. The molecule has 12 atom stereocenters. The average Bonchev–Trinajstić information content (AvgIpc) is 3.46. The summed E-state index contributed by atoms with van der Waals surface area (Å²) in [6.07, 6.45) is -12.9. The molecule has 4 rings (SSSR count). The van der Waals surface area contributed by atoms with Gasteiger partial charge in [0.25, 0.3) is 0 Å². The zero-order chi connectivity index (χ0) is 32.1. The third kappa shape index (κ3) is 6.54. The molecule has 0 aromatic carbocycles. The zero-order valence-electron chi connectivity index (χ0n) is 22.0. The number of alkyl halides is 1.